The van der Waals surface area contributed by atoms with Gasteiger partial charge in [-0.1, -0.05) is 48.0 Å². The number of amides is 2. The van der Waals surface area contributed by atoms with Gasteiger partial charge in [-0.15, -0.1) is 11.8 Å². The van der Waals surface area contributed by atoms with Gasteiger partial charge in [0.15, 0.2) is 0 Å². The zero-order valence-corrected chi connectivity index (χ0v) is 19.0. The molecule has 0 fully saturated rings. The van der Waals surface area contributed by atoms with Crippen LogP contribution in [0.3, 0.4) is 0 Å². The van der Waals surface area contributed by atoms with Crippen LogP contribution in [0.25, 0.3) is 0 Å². The van der Waals surface area contributed by atoms with E-state index in [0.29, 0.717) is 17.3 Å². The van der Waals surface area contributed by atoms with Crippen LogP contribution < -0.4 is 5.32 Å². The molecule has 6 heteroatoms. The van der Waals surface area contributed by atoms with Crippen molar-refractivity contribution in [1.29, 1.82) is 0 Å². The molecule has 0 spiro atoms. The summed E-state index contributed by atoms with van der Waals surface area (Å²) >= 11 is 7.66. The Labute approximate surface area is 183 Å². The summed E-state index contributed by atoms with van der Waals surface area (Å²) < 4.78 is 0. The Morgan fingerprint density at radius 1 is 1.10 bits per heavy atom. The lowest BCUT2D eigenvalue weighted by atomic mass is 10.1. The molecule has 1 N–H and O–H groups in total. The van der Waals surface area contributed by atoms with Gasteiger partial charge in [-0.25, -0.2) is 0 Å². The highest BCUT2D eigenvalue weighted by molar-refractivity contribution is 7.99. The van der Waals surface area contributed by atoms with Gasteiger partial charge >= 0.3 is 0 Å². The summed E-state index contributed by atoms with van der Waals surface area (Å²) in [4.78, 5) is 27.2. The van der Waals surface area contributed by atoms with E-state index in [1.54, 1.807) is 29.7 Å². The monoisotopic (exact) mass is 432 g/mol. The second kappa shape index (κ2) is 11.3. The van der Waals surface area contributed by atoms with Gasteiger partial charge in [-0.3, -0.25) is 9.59 Å². The normalized spacial score (nSPS) is 11.9. The maximum atomic E-state index is 13.0. The van der Waals surface area contributed by atoms with E-state index in [2.05, 4.69) is 24.4 Å². The molecule has 0 aliphatic heterocycles. The lowest BCUT2D eigenvalue weighted by Gasteiger charge is -2.29. The highest BCUT2D eigenvalue weighted by Gasteiger charge is 2.26. The third-order valence-electron chi connectivity index (χ3n) is 4.58. The van der Waals surface area contributed by atoms with Gasteiger partial charge in [-0.05, 0) is 56.5 Å². The van der Waals surface area contributed by atoms with Crippen LogP contribution in [0.4, 0.5) is 0 Å². The molecule has 156 valence electrons. The molecule has 0 saturated carbocycles. The summed E-state index contributed by atoms with van der Waals surface area (Å²) in [5.74, 6) is 0.860. The molecule has 0 bridgehead atoms. The minimum absolute atomic E-state index is 0.0171. The van der Waals surface area contributed by atoms with Crippen LogP contribution in [0.1, 0.15) is 37.5 Å². The maximum absolute atomic E-state index is 13.0. The molecule has 2 rings (SSSR count). The van der Waals surface area contributed by atoms with E-state index >= 15 is 0 Å². The molecule has 0 aliphatic carbocycles. The van der Waals surface area contributed by atoms with Crippen molar-refractivity contribution in [1.82, 2.24) is 10.2 Å². The number of nitrogens with zero attached hydrogens (tertiary/aromatic N) is 1. The third kappa shape index (κ3) is 7.41. The number of rotatable bonds is 9. The van der Waals surface area contributed by atoms with Crippen LogP contribution in [0.2, 0.25) is 5.02 Å². The van der Waals surface area contributed by atoms with Gasteiger partial charge in [-0.2, -0.15) is 0 Å². The molecule has 2 aromatic rings. The first-order valence-corrected chi connectivity index (χ1v) is 11.3. The first kappa shape index (κ1) is 23.3. The van der Waals surface area contributed by atoms with Gasteiger partial charge < -0.3 is 10.2 Å². The van der Waals surface area contributed by atoms with Crippen LogP contribution in [0.15, 0.2) is 48.5 Å². The predicted octanol–water partition coefficient (Wildman–Crippen LogP) is 4.82. The van der Waals surface area contributed by atoms with E-state index in [-0.39, 0.29) is 17.9 Å². The molecule has 4 nitrogen and oxygen atoms in total. The summed E-state index contributed by atoms with van der Waals surface area (Å²) in [6.45, 7) is 8.00. The molecule has 2 aromatic carbocycles. The predicted molar refractivity (Wildman–Crippen MR) is 122 cm³/mol. The Kier molecular flexibility index (Phi) is 9.05. The summed E-state index contributed by atoms with van der Waals surface area (Å²) in [6, 6.07) is 15.0. The highest BCUT2D eigenvalue weighted by atomic mass is 35.5. The number of halogens is 1. The smallest absolute Gasteiger partial charge is 0.242 e. The minimum atomic E-state index is -0.567. The molecule has 1 atom stereocenters. The van der Waals surface area contributed by atoms with Gasteiger partial charge in [0, 0.05) is 23.4 Å². The second-order valence-corrected chi connectivity index (χ2v) is 8.83. The number of thioether (sulfide) groups is 1. The maximum Gasteiger partial charge on any atom is 0.242 e. The number of hydrogen-bond donors (Lipinski definition) is 1. The second-order valence-electron chi connectivity index (χ2n) is 7.41. The zero-order chi connectivity index (χ0) is 21.4. The van der Waals surface area contributed by atoms with E-state index in [0.717, 1.165) is 11.3 Å². The van der Waals surface area contributed by atoms with Gasteiger partial charge in [0.1, 0.15) is 6.04 Å². The molecule has 2 amide bonds. The first-order valence-electron chi connectivity index (χ1n) is 9.74. The van der Waals surface area contributed by atoms with Crippen molar-refractivity contribution in [3.05, 3.63) is 70.2 Å². The molecule has 0 saturated heterocycles. The molecule has 0 aliphatic rings. The van der Waals surface area contributed by atoms with Crippen molar-refractivity contribution in [2.75, 3.05) is 5.75 Å². The fourth-order valence-electron chi connectivity index (χ4n) is 2.92. The summed E-state index contributed by atoms with van der Waals surface area (Å²) in [5.41, 5.74) is 3.34. The molecule has 0 unspecified atom stereocenters. The molecule has 29 heavy (non-hydrogen) atoms. The number of nitrogens with one attached hydrogen (secondary N) is 1. The van der Waals surface area contributed by atoms with E-state index in [4.69, 9.17) is 11.6 Å². The Morgan fingerprint density at radius 3 is 2.48 bits per heavy atom. The first-order chi connectivity index (χ1) is 13.8. The molecular formula is C23H29ClN2O2S. The Balaban J connectivity index is 2.09. The van der Waals surface area contributed by atoms with E-state index in [1.807, 2.05) is 44.2 Å². The van der Waals surface area contributed by atoms with Crippen LogP contribution in [0.5, 0.6) is 0 Å². The standard InChI is InChI=1S/C23H29ClN2O2S/c1-16(2)25-23(28)18(4)26(13-19-9-7-11-21(24)12-19)22(27)15-29-14-20-10-6-5-8-17(20)3/h5-12,16,18H,13-15H2,1-4H3,(H,25,28)/t18-/m1/s1. The summed E-state index contributed by atoms with van der Waals surface area (Å²) in [5, 5.41) is 3.51. The SMILES string of the molecule is Cc1ccccc1CSCC(=O)N(Cc1cccc(Cl)c1)[C@H](C)C(=O)NC(C)C. The Hall–Kier alpha value is -1.98. The number of benzene rings is 2. The Morgan fingerprint density at radius 2 is 1.83 bits per heavy atom. The van der Waals surface area contributed by atoms with Crippen LogP contribution >= 0.6 is 23.4 Å². The average Bonchev–Trinajstić information content (AvgIpc) is 2.66. The summed E-state index contributed by atoms with van der Waals surface area (Å²) in [6.07, 6.45) is 0. The van der Waals surface area contributed by atoms with E-state index in [9.17, 15) is 9.59 Å². The molecule has 0 heterocycles. The lowest BCUT2D eigenvalue weighted by Crippen LogP contribution is -2.49. The largest absolute Gasteiger partial charge is 0.352 e. The third-order valence-corrected chi connectivity index (χ3v) is 5.79. The quantitative estimate of drug-likeness (QED) is 0.617. The fraction of sp³-hybridized carbons (Fsp3) is 0.391. The van der Waals surface area contributed by atoms with Crippen LogP contribution in [0, 0.1) is 6.92 Å². The number of aryl methyl sites for hydroxylation is 1. The van der Waals surface area contributed by atoms with Crippen molar-refractivity contribution >= 4 is 35.2 Å². The van der Waals surface area contributed by atoms with E-state index < -0.39 is 6.04 Å². The number of carbonyl (C=O) groups excluding carboxylic acids is 2. The topological polar surface area (TPSA) is 49.4 Å². The molecule has 0 radical (unpaired) electrons. The fourth-order valence-corrected chi connectivity index (χ4v) is 4.12. The number of carbonyl (C=O) groups is 2. The van der Waals surface area contributed by atoms with Gasteiger partial charge in [0.2, 0.25) is 11.8 Å². The van der Waals surface area contributed by atoms with E-state index in [1.165, 1.54) is 11.1 Å². The lowest BCUT2D eigenvalue weighted by molar-refractivity contribution is -0.138. The van der Waals surface area contributed by atoms with Crippen molar-refractivity contribution in [3.63, 3.8) is 0 Å². The highest BCUT2D eigenvalue weighted by Crippen LogP contribution is 2.19. The van der Waals surface area contributed by atoms with Crippen LogP contribution in [-0.2, 0) is 21.9 Å². The molecule has 0 aromatic heterocycles. The van der Waals surface area contributed by atoms with Crippen molar-refractivity contribution in [2.45, 2.75) is 52.1 Å². The molecular weight excluding hydrogens is 404 g/mol. The summed E-state index contributed by atoms with van der Waals surface area (Å²) in [7, 11) is 0. The van der Waals surface area contributed by atoms with Crippen molar-refractivity contribution < 1.29 is 9.59 Å². The van der Waals surface area contributed by atoms with Crippen molar-refractivity contribution in [2.24, 2.45) is 0 Å². The van der Waals surface area contributed by atoms with Crippen LogP contribution in [-0.4, -0.2) is 34.6 Å². The van der Waals surface area contributed by atoms with Gasteiger partial charge in [0.05, 0.1) is 5.75 Å². The van der Waals surface area contributed by atoms with Gasteiger partial charge in [0.25, 0.3) is 0 Å². The average molecular weight is 433 g/mol. The van der Waals surface area contributed by atoms with Crippen molar-refractivity contribution in [3.8, 4) is 0 Å². The Bertz CT molecular complexity index is 841. The minimum Gasteiger partial charge on any atom is -0.352 e. The number of hydrogen-bond acceptors (Lipinski definition) is 3. The zero-order valence-electron chi connectivity index (χ0n) is 17.4.